The predicted octanol–water partition coefficient (Wildman–Crippen LogP) is 3.84. The van der Waals surface area contributed by atoms with Crippen molar-refractivity contribution in [3.8, 4) is 0 Å². The van der Waals surface area contributed by atoms with Crippen LogP contribution in [0.2, 0.25) is 10.0 Å². The Bertz CT molecular complexity index is 973. The van der Waals surface area contributed by atoms with Gasteiger partial charge in [0.05, 0.1) is 6.54 Å². The van der Waals surface area contributed by atoms with Crippen LogP contribution in [0.1, 0.15) is 59.1 Å². The second-order valence-electron chi connectivity index (χ2n) is 8.56. The number of benzene rings is 1. The minimum Gasteiger partial charge on any atom is -0.351 e. The van der Waals surface area contributed by atoms with Crippen molar-refractivity contribution in [3.63, 3.8) is 0 Å². The molecule has 0 radical (unpaired) electrons. The quantitative estimate of drug-likeness (QED) is 0.614. The van der Waals surface area contributed by atoms with E-state index in [0.717, 1.165) is 25.1 Å². The normalized spacial score (nSPS) is 19.2. The Labute approximate surface area is 198 Å². The summed E-state index contributed by atoms with van der Waals surface area (Å²) in [5.41, 5.74) is 1.40. The lowest BCUT2D eigenvalue weighted by atomic mass is 10.0. The molecule has 4 rings (SSSR count). The minimum absolute atomic E-state index is 0.183. The van der Waals surface area contributed by atoms with Crippen LogP contribution in [-0.4, -0.2) is 63.6 Å². The lowest BCUT2D eigenvalue weighted by Gasteiger charge is -2.33. The zero-order chi connectivity index (χ0) is 22.7. The molecule has 7 nitrogen and oxygen atoms in total. The Balaban J connectivity index is 1.33. The molecule has 0 aliphatic carbocycles. The highest BCUT2D eigenvalue weighted by atomic mass is 35.5. The summed E-state index contributed by atoms with van der Waals surface area (Å²) in [6, 6.07) is 7.49. The van der Waals surface area contributed by atoms with Crippen LogP contribution in [-0.2, 0) is 13.1 Å². The summed E-state index contributed by atoms with van der Waals surface area (Å²) in [7, 11) is 0. The van der Waals surface area contributed by atoms with E-state index in [-0.39, 0.29) is 17.5 Å². The summed E-state index contributed by atoms with van der Waals surface area (Å²) in [4.78, 5) is 29.7. The number of halogens is 2. The fourth-order valence-corrected chi connectivity index (χ4v) is 4.96. The highest BCUT2D eigenvalue weighted by Gasteiger charge is 2.28. The Morgan fingerprint density at radius 1 is 1.19 bits per heavy atom. The van der Waals surface area contributed by atoms with E-state index < -0.39 is 0 Å². The molecule has 1 aromatic heterocycles. The van der Waals surface area contributed by atoms with E-state index in [0.29, 0.717) is 48.0 Å². The van der Waals surface area contributed by atoms with Gasteiger partial charge in [0, 0.05) is 53.9 Å². The van der Waals surface area contributed by atoms with Crippen LogP contribution in [0.5, 0.6) is 0 Å². The highest BCUT2D eigenvalue weighted by molar-refractivity contribution is 6.36. The van der Waals surface area contributed by atoms with Crippen molar-refractivity contribution in [2.45, 2.75) is 51.7 Å². The molecule has 32 heavy (non-hydrogen) atoms. The van der Waals surface area contributed by atoms with Gasteiger partial charge in [-0.25, -0.2) is 0 Å². The van der Waals surface area contributed by atoms with Crippen molar-refractivity contribution in [2.75, 3.05) is 26.2 Å². The zero-order valence-electron chi connectivity index (χ0n) is 18.3. The van der Waals surface area contributed by atoms with Gasteiger partial charge in [0.2, 0.25) is 0 Å². The third-order valence-electron chi connectivity index (χ3n) is 6.36. The SMILES string of the molecule is CC1CCCCN1CCCNC(=O)c1cc2n(n1)CCN(Cc1c(Cl)cccc1Cl)C2=O. The molecule has 1 N–H and O–H groups in total. The molecule has 2 aromatic rings. The first-order chi connectivity index (χ1) is 15.4. The molecule has 2 aliphatic heterocycles. The molecule has 1 unspecified atom stereocenters. The monoisotopic (exact) mass is 477 g/mol. The second kappa shape index (κ2) is 10.2. The van der Waals surface area contributed by atoms with Crippen molar-refractivity contribution in [1.29, 1.82) is 0 Å². The number of nitrogens with one attached hydrogen (secondary N) is 1. The van der Waals surface area contributed by atoms with E-state index in [1.807, 2.05) is 0 Å². The Morgan fingerprint density at radius 2 is 1.97 bits per heavy atom. The first-order valence-corrected chi connectivity index (χ1v) is 12.0. The number of likely N-dealkylation sites (tertiary alicyclic amines) is 1. The lowest BCUT2D eigenvalue weighted by Crippen LogP contribution is -2.40. The summed E-state index contributed by atoms with van der Waals surface area (Å²) in [6.45, 7) is 6.30. The fourth-order valence-electron chi connectivity index (χ4n) is 4.44. The number of fused-ring (bicyclic) bond motifs is 1. The second-order valence-corrected chi connectivity index (χ2v) is 9.37. The van der Waals surface area contributed by atoms with Crippen LogP contribution in [0.15, 0.2) is 24.3 Å². The average molecular weight is 478 g/mol. The summed E-state index contributed by atoms with van der Waals surface area (Å²) in [5.74, 6) is -0.426. The lowest BCUT2D eigenvalue weighted by molar-refractivity contribution is 0.0683. The molecule has 3 heterocycles. The van der Waals surface area contributed by atoms with Gasteiger partial charge in [0.15, 0.2) is 5.69 Å². The molecule has 172 valence electrons. The first-order valence-electron chi connectivity index (χ1n) is 11.3. The zero-order valence-corrected chi connectivity index (χ0v) is 19.8. The molecule has 9 heteroatoms. The van der Waals surface area contributed by atoms with Crippen LogP contribution < -0.4 is 5.32 Å². The van der Waals surface area contributed by atoms with Gasteiger partial charge in [0.25, 0.3) is 11.8 Å². The number of piperidine rings is 1. The molecule has 0 saturated carbocycles. The van der Waals surface area contributed by atoms with E-state index in [2.05, 4.69) is 22.2 Å². The first kappa shape index (κ1) is 23.1. The predicted molar refractivity (Wildman–Crippen MR) is 125 cm³/mol. The Hall–Kier alpha value is -2.09. The van der Waals surface area contributed by atoms with Crippen molar-refractivity contribution in [1.82, 2.24) is 24.9 Å². The third-order valence-corrected chi connectivity index (χ3v) is 7.07. The van der Waals surface area contributed by atoms with Crippen LogP contribution in [0.4, 0.5) is 0 Å². The molecule has 1 fully saturated rings. The van der Waals surface area contributed by atoms with E-state index in [4.69, 9.17) is 23.2 Å². The molecule has 2 amide bonds. The summed E-state index contributed by atoms with van der Waals surface area (Å²) < 4.78 is 1.61. The molecule has 1 atom stereocenters. The van der Waals surface area contributed by atoms with Crippen molar-refractivity contribution >= 4 is 35.0 Å². The van der Waals surface area contributed by atoms with Crippen molar-refractivity contribution in [3.05, 3.63) is 51.3 Å². The van der Waals surface area contributed by atoms with Crippen molar-refractivity contribution in [2.24, 2.45) is 0 Å². The van der Waals surface area contributed by atoms with Gasteiger partial charge in [0.1, 0.15) is 5.69 Å². The fraction of sp³-hybridized carbons (Fsp3) is 0.522. The molecule has 1 saturated heterocycles. The number of hydrogen-bond donors (Lipinski definition) is 1. The number of amides is 2. The molecule has 0 bridgehead atoms. The van der Waals surface area contributed by atoms with Gasteiger partial charge in [-0.3, -0.25) is 14.3 Å². The summed E-state index contributed by atoms with van der Waals surface area (Å²) >= 11 is 12.5. The number of hydrogen-bond acceptors (Lipinski definition) is 4. The summed E-state index contributed by atoms with van der Waals surface area (Å²) in [6.07, 6.45) is 4.71. The maximum absolute atomic E-state index is 13.0. The maximum Gasteiger partial charge on any atom is 0.272 e. The van der Waals surface area contributed by atoms with Gasteiger partial charge in [-0.05, 0) is 44.9 Å². The van der Waals surface area contributed by atoms with E-state index in [1.54, 1.807) is 33.8 Å². The minimum atomic E-state index is -0.243. The average Bonchev–Trinajstić information content (AvgIpc) is 3.22. The van der Waals surface area contributed by atoms with E-state index >= 15 is 0 Å². The van der Waals surface area contributed by atoms with Gasteiger partial charge in [-0.15, -0.1) is 0 Å². The molecular weight excluding hydrogens is 449 g/mol. The number of carbonyl (C=O) groups excluding carboxylic acids is 2. The topological polar surface area (TPSA) is 70.5 Å². The Kier molecular flexibility index (Phi) is 7.38. The van der Waals surface area contributed by atoms with E-state index in [9.17, 15) is 9.59 Å². The van der Waals surface area contributed by atoms with Crippen LogP contribution in [0.3, 0.4) is 0 Å². The Morgan fingerprint density at radius 3 is 2.72 bits per heavy atom. The van der Waals surface area contributed by atoms with Gasteiger partial charge in [-0.2, -0.15) is 5.10 Å². The highest BCUT2D eigenvalue weighted by Crippen LogP contribution is 2.27. The largest absolute Gasteiger partial charge is 0.351 e. The van der Waals surface area contributed by atoms with Crippen LogP contribution in [0.25, 0.3) is 0 Å². The molecular formula is C23H29Cl2N5O2. The molecule has 0 spiro atoms. The number of nitrogens with zero attached hydrogens (tertiary/aromatic N) is 4. The molecule has 2 aliphatic rings. The standard InChI is InChI=1S/C23H29Cl2N5O2/c1-16-6-2-3-10-28(16)11-5-9-26-22(31)20-14-21-23(32)29(12-13-30(21)27-20)15-17-18(24)7-4-8-19(17)25/h4,7-8,14,16H,2-3,5-6,9-13,15H2,1H3,(H,26,31). The number of aromatic nitrogens is 2. The number of carbonyl (C=O) groups is 2. The summed E-state index contributed by atoms with van der Waals surface area (Å²) in [5, 5.41) is 8.36. The number of rotatable bonds is 7. The maximum atomic E-state index is 13.0. The van der Waals surface area contributed by atoms with Crippen molar-refractivity contribution < 1.29 is 9.59 Å². The van der Waals surface area contributed by atoms with E-state index in [1.165, 1.54) is 19.3 Å². The third kappa shape index (κ3) is 5.11. The van der Waals surface area contributed by atoms with Gasteiger partial charge in [-0.1, -0.05) is 35.7 Å². The molecule has 1 aromatic carbocycles. The van der Waals surface area contributed by atoms with Crippen LogP contribution >= 0.6 is 23.2 Å². The smallest absolute Gasteiger partial charge is 0.272 e. The van der Waals surface area contributed by atoms with Gasteiger partial charge >= 0.3 is 0 Å². The van der Waals surface area contributed by atoms with Crippen LogP contribution in [0, 0.1) is 0 Å². The van der Waals surface area contributed by atoms with Gasteiger partial charge < -0.3 is 15.1 Å².